The molecule has 88 valence electrons. The molecule has 3 atom stereocenters. The fourth-order valence-corrected chi connectivity index (χ4v) is 2.91. The monoisotopic (exact) mass is 221 g/mol. The van der Waals surface area contributed by atoms with Crippen LogP contribution < -0.4 is 5.73 Å². The molecule has 0 radical (unpaired) electrons. The van der Waals surface area contributed by atoms with E-state index in [1.165, 1.54) is 5.56 Å². The molecule has 0 saturated heterocycles. The van der Waals surface area contributed by atoms with E-state index in [0.29, 0.717) is 17.9 Å². The van der Waals surface area contributed by atoms with Gasteiger partial charge >= 0.3 is 0 Å². The molecule has 1 aliphatic rings. The zero-order valence-corrected chi connectivity index (χ0v) is 10.3. The molecule has 1 saturated carbocycles. The van der Waals surface area contributed by atoms with Crippen molar-refractivity contribution in [3.63, 3.8) is 0 Å². The highest BCUT2D eigenvalue weighted by atomic mass is 19.1. The summed E-state index contributed by atoms with van der Waals surface area (Å²) < 4.78 is 13.5. The molecule has 0 bridgehead atoms. The van der Waals surface area contributed by atoms with Gasteiger partial charge < -0.3 is 5.73 Å². The first-order chi connectivity index (χ1) is 7.54. The SMILES string of the molecule is CCC1C(N)CC1c1cc(C)c(F)c(C)c1. The van der Waals surface area contributed by atoms with E-state index in [1.54, 1.807) is 0 Å². The van der Waals surface area contributed by atoms with Gasteiger partial charge in [0, 0.05) is 6.04 Å². The van der Waals surface area contributed by atoms with Crippen LogP contribution >= 0.6 is 0 Å². The first kappa shape index (κ1) is 11.6. The smallest absolute Gasteiger partial charge is 0.129 e. The largest absolute Gasteiger partial charge is 0.327 e. The Morgan fingerprint density at radius 1 is 1.31 bits per heavy atom. The van der Waals surface area contributed by atoms with Crippen LogP contribution in [-0.2, 0) is 0 Å². The predicted molar refractivity (Wildman–Crippen MR) is 65.0 cm³/mol. The lowest BCUT2D eigenvalue weighted by Crippen LogP contribution is -2.45. The van der Waals surface area contributed by atoms with Crippen molar-refractivity contribution in [1.29, 1.82) is 0 Å². The van der Waals surface area contributed by atoms with Crippen molar-refractivity contribution < 1.29 is 4.39 Å². The Morgan fingerprint density at radius 2 is 1.88 bits per heavy atom. The summed E-state index contributed by atoms with van der Waals surface area (Å²) in [6.45, 7) is 5.86. The van der Waals surface area contributed by atoms with Crippen molar-refractivity contribution in [2.75, 3.05) is 0 Å². The summed E-state index contributed by atoms with van der Waals surface area (Å²) in [5.41, 5.74) is 8.77. The zero-order chi connectivity index (χ0) is 11.9. The van der Waals surface area contributed by atoms with Gasteiger partial charge in [-0.1, -0.05) is 25.5 Å². The second-order valence-electron chi connectivity index (χ2n) is 5.05. The van der Waals surface area contributed by atoms with Gasteiger partial charge in [0.2, 0.25) is 0 Å². The van der Waals surface area contributed by atoms with Crippen molar-refractivity contribution in [2.45, 2.75) is 45.6 Å². The highest BCUT2D eigenvalue weighted by molar-refractivity contribution is 5.34. The normalized spacial score (nSPS) is 28.9. The van der Waals surface area contributed by atoms with Crippen LogP contribution in [0.15, 0.2) is 12.1 Å². The van der Waals surface area contributed by atoms with E-state index in [0.717, 1.165) is 24.0 Å². The van der Waals surface area contributed by atoms with Crippen LogP contribution in [0, 0.1) is 25.6 Å². The van der Waals surface area contributed by atoms with E-state index in [2.05, 4.69) is 6.92 Å². The molecule has 2 N–H and O–H groups in total. The lowest BCUT2D eigenvalue weighted by Gasteiger charge is -2.43. The molecule has 1 aliphatic carbocycles. The third kappa shape index (κ3) is 1.75. The fraction of sp³-hybridized carbons (Fsp3) is 0.571. The molecule has 2 heteroatoms. The average molecular weight is 221 g/mol. The maximum absolute atomic E-state index is 13.5. The van der Waals surface area contributed by atoms with Gasteiger partial charge in [-0.05, 0) is 48.8 Å². The molecule has 2 rings (SSSR count). The molecule has 1 nitrogen and oxygen atoms in total. The van der Waals surface area contributed by atoms with Gasteiger partial charge in [0.05, 0.1) is 0 Å². The Hall–Kier alpha value is -0.890. The summed E-state index contributed by atoms with van der Waals surface area (Å²) in [4.78, 5) is 0. The van der Waals surface area contributed by atoms with Crippen LogP contribution in [0.1, 0.15) is 42.4 Å². The van der Waals surface area contributed by atoms with Gasteiger partial charge in [0.1, 0.15) is 5.82 Å². The summed E-state index contributed by atoms with van der Waals surface area (Å²) >= 11 is 0. The predicted octanol–water partition coefficient (Wildman–Crippen LogP) is 3.28. The van der Waals surface area contributed by atoms with E-state index in [9.17, 15) is 4.39 Å². The zero-order valence-electron chi connectivity index (χ0n) is 10.3. The van der Waals surface area contributed by atoms with Crippen molar-refractivity contribution in [3.8, 4) is 0 Å². The van der Waals surface area contributed by atoms with E-state index in [4.69, 9.17) is 5.73 Å². The Morgan fingerprint density at radius 3 is 2.31 bits per heavy atom. The lowest BCUT2D eigenvalue weighted by molar-refractivity contribution is 0.198. The summed E-state index contributed by atoms with van der Waals surface area (Å²) in [6.07, 6.45) is 2.16. The molecular weight excluding hydrogens is 201 g/mol. The maximum Gasteiger partial charge on any atom is 0.129 e. The van der Waals surface area contributed by atoms with Crippen LogP contribution in [-0.4, -0.2) is 6.04 Å². The Kier molecular flexibility index (Phi) is 3.02. The number of hydrogen-bond donors (Lipinski definition) is 1. The highest BCUT2D eigenvalue weighted by Gasteiger charge is 2.38. The molecule has 1 aromatic carbocycles. The van der Waals surface area contributed by atoms with Crippen LogP contribution in [0.2, 0.25) is 0 Å². The second kappa shape index (κ2) is 4.17. The van der Waals surface area contributed by atoms with Crippen molar-refractivity contribution in [2.24, 2.45) is 11.7 Å². The minimum atomic E-state index is -0.0691. The summed E-state index contributed by atoms with van der Waals surface area (Å²) in [7, 11) is 0. The molecule has 0 heterocycles. The van der Waals surface area contributed by atoms with Gasteiger partial charge in [-0.3, -0.25) is 0 Å². The molecule has 1 fully saturated rings. The molecule has 16 heavy (non-hydrogen) atoms. The van der Waals surface area contributed by atoms with Crippen LogP contribution in [0.25, 0.3) is 0 Å². The molecule has 0 aliphatic heterocycles. The second-order valence-corrected chi connectivity index (χ2v) is 5.05. The quantitative estimate of drug-likeness (QED) is 0.815. The van der Waals surface area contributed by atoms with Crippen LogP contribution in [0.5, 0.6) is 0 Å². The molecule has 3 unspecified atom stereocenters. The standard InChI is InChI=1S/C14H20FN/c1-4-11-12(7-13(11)16)10-5-8(2)14(15)9(3)6-10/h5-6,11-13H,4,7,16H2,1-3H3. The summed E-state index contributed by atoms with van der Waals surface area (Å²) in [6, 6.07) is 4.31. The van der Waals surface area contributed by atoms with Gasteiger partial charge in [0.15, 0.2) is 0 Å². The lowest BCUT2D eigenvalue weighted by atomic mass is 9.65. The number of nitrogens with two attached hydrogens (primary N) is 1. The minimum Gasteiger partial charge on any atom is -0.327 e. The van der Waals surface area contributed by atoms with Crippen molar-refractivity contribution in [1.82, 2.24) is 0 Å². The fourth-order valence-electron chi connectivity index (χ4n) is 2.91. The average Bonchev–Trinajstić information content (AvgIpc) is 2.22. The highest BCUT2D eigenvalue weighted by Crippen LogP contribution is 2.44. The third-order valence-electron chi connectivity index (χ3n) is 3.95. The first-order valence-corrected chi connectivity index (χ1v) is 6.06. The Balaban J connectivity index is 2.29. The Bertz CT molecular complexity index is 377. The van der Waals surface area contributed by atoms with E-state index < -0.39 is 0 Å². The molecule has 0 spiro atoms. The van der Waals surface area contributed by atoms with Crippen molar-refractivity contribution in [3.05, 3.63) is 34.6 Å². The maximum atomic E-state index is 13.5. The minimum absolute atomic E-state index is 0.0691. The molecule has 1 aromatic rings. The number of halogens is 1. The topological polar surface area (TPSA) is 26.0 Å². The number of hydrogen-bond acceptors (Lipinski definition) is 1. The molecule has 0 amide bonds. The first-order valence-electron chi connectivity index (χ1n) is 6.06. The van der Waals surface area contributed by atoms with Crippen molar-refractivity contribution >= 4 is 0 Å². The third-order valence-corrected chi connectivity index (χ3v) is 3.95. The summed E-state index contributed by atoms with van der Waals surface area (Å²) in [5, 5.41) is 0. The van der Waals surface area contributed by atoms with Gasteiger partial charge in [-0.2, -0.15) is 0 Å². The molecule has 0 aromatic heterocycles. The number of benzene rings is 1. The van der Waals surface area contributed by atoms with Crippen LogP contribution in [0.4, 0.5) is 4.39 Å². The van der Waals surface area contributed by atoms with Gasteiger partial charge in [-0.25, -0.2) is 4.39 Å². The van der Waals surface area contributed by atoms with Gasteiger partial charge in [-0.15, -0.1) is 0 Å². The van der Waals surface area contributed by atoms with E-state index >= 15 is 0 Å². The van der Waals surface area contributed by atoms with E-state index in [1.807, 2.05) is 26.0 Å². The number of rotatable bonds is 2. The van der Waals surface area contributed by atoms with Gasteiger partial charge in [0.25, 0.3) is 0 Å². The summed E-state index contributed by atoms with van der Waals surface area (Å²) in [5.74, 6) is 1.04. The molecular formula is C14H20FN. The Labute approximate surface area is 96.9 Å². The van der Waals surface area contributed by atoms with E-state index in [-0.39, 0.29) is 5.82 Å². The number of aryl methyl sites for hydroxylation is 2. The van der Waals surface area contributed by atoms with Crippen LogP contribution in [0.3, 0.4) is 0 Å².